The van der Waals surface area contributed by atoms with Crippen LogP contribution >= 0.6 is 23.4 Å². The molecule has 2 aromatic carbocycles. The standard InChI is InChI=1S/C18H17ClN4OS/c1-23(11-13-7-9-15(19)10-8-13)16(24)12-25-18-20-17(21-22-18)14-5-3-2-4-6-14/h2-10H,11-12H2,1H3,(H,20,21,22). The number of amides is 1. The molecule has 0 aliphatic rings. The van der Waals surface area contributed by atoms with Crippen molar-refractivity contribution in [1.29, 1.82) is 0 Å². The summed E-state index contributed by atoms with van der Waals surface area (Å²) in [4.78, 5) is 18.4. The summed E-state index contributed by atoms with van der Waals surface area (Å²) < 4.78 is 0. The molecule has 128 valence electrons. The number of thioether (sulfide) groups is 1. The largest absolute Gasteiger partial charge is 0.341 e. The van der Waals surface area contributed by atoms with Crippen LogP contribution in [-0.2, 0) is 11.3 Å². The lowest BCUT2D eigenvalue weighted by Crippen LogP contribution is -2.27. The van der Waals surface area contributed by atoms with Gasteiger partial charge in [0, 0.05) is 24.2 Å². The van der Waals surface area contributed by atoms with Gasteiger partial charge in [-0.05, 0) is 17.7 Å². The summed E-state index contributed by atoms with van der Waals surface area (Å²) in [6.45, 7) is 0.541. The average molecular weight is 373 g/mol. The van der Waals surface area contributed by atoms with Crippen LogP contribution in [0.2, 0.25) is 5.02 Å². The van der Waals surface area contributed by atoms with Crippen molar-refractivity contribution in [2.45, 2.75) is 11.7 Å². The molecule has 1 aromatic heterocycles. The monoisotopic (exact) mass is 372 g/mol. The summed E-state index contributed by atoms with van der Waals surface area (Å²) >= 11 is 7.19. The molecule has 0 aliphatic carbocycles. The Morgan fingerprint density at radius 3 is 2.60 bits per heavy atom. The van der Waals surface area contributed by atoms with Crippen LogP contribution in [0.15, 0.2) is 59.8 Å². The predicted molar refractivity (Wildman–Crippen MR) is 100 cm³/mol. The van der Waals surface area contributed by atoms with E-state index in [9.17, 15) is 4.79 Å². The number of hydrogen-bond acceptors (Lipinski definition) is 4. The number of nitrogens with one attached hydrogen (secondary N) is 1. The van der Waals surface area contributed by atoms with Crippen molar-refractivity contribution >= 4 is 29.3 Å². The molecule has 0 atom stereocenters. The van der Waals surface area contributed by atoms with Gasteiger partial charge in [0.2, 0.25) is 11.1 Å². The maximum Gasteiger partial charge on any atom is 0.233 e. The highest BCUT2D eigenvalue weighted by Crippen LogP contribution is 2.19. The third-order valence-electron chi connectivity index (χ3n) is 3.60. The van der Waals surface area contributed by atoms with Crippen LogP contribution in [0.25, 0.3) is 11.4 Å². The molecular formula is C18H17ClN4OS. The summed E-state index contributed by atoms with van der Waals surface area (Å²) in [6, 6.07) is 17.2. The van der Waals surface area contributed by atoms with Gasteiger partial charge in [-0.1, -0.05) is 65.8 Å². The van der Waals surface area contributed by atoms with Crippen molar-refractivity contribution in [3.05, 3.63) is 65.2 Å². The number of carbonyl (C=O) groups excluding carboxylic acids is 1. The van der Waals surface area contributed by atoms with Gasteiger partial charge < -0.3 is 4.90 Å². The molecule has 0 saturated heterocycles. The smallest absolute Gasteiger partial charge is 0.233 e. The van der Waals surface area contributed by atoms with E-state index in [0.717, 1.165) is 11.1 Å². The van der Waals surface area contributed by atoms with Gasteiger partial charge in [-0.3, -0.25) is 9.89 Å². The van der Waals surface area contributed by atoms with Gasteiger partial charge >= 0.3 is 0 Å². The number of nitrogens with zero attached hydrogens (tertiary/aromatic N) is 3. The van der Waals surface area contributed by atoms with Crippen molar-refractivity contribution < 1.29 is 4.79 Å². The predicted octanol–water partition coefficient (Wildman–Crippen LogP) is 3.88. The summed E-state index contributed by atoms with van der Waals surface area (Å²) in [5.74, 6) is 1.01. The zero-order valence-corrected chi connectivity index (χ0v) is 15.2. The van der Waals surface area contributed by atoms with Crippen LogP contribution in [0.5, 0.6) is 0 Å². The van der Waals surface area contributed by atoms with Crippen molar-refractivity contribution in [2.24, 2.45) is 0 Å². The second-order valence-corrected chi connectivity index (χ2v) is 6.88. The molecule has 0 bridgehead atoms. The average Bonchev–Trinajstić information content (AvgIpc) is 3.11. The van der Waals surface area contributed by atoms with E-state index >= 15 is 0 Å². The zero-order valence-electron chi connectivity index (χ0n) is 13.6. The van der Waals surface area contributed by atoms with Gasteiger partial charge in [0.1, 0.15) is 0 Å². The van der Waals surface area contributed by atoms with Gasteiger partial charge in [0.15, 0.2) is 5.82 Å². The van der Waals surface area contributed by atoms with Crippen molar-refractivity contribution in [3.8, 4) is 11.4 Å². The molecule has 3 rings (SSSR count). The van der Waals surface area contributed by atoms with Gasteiger partial charge in [-0.2, -0.15) is 0 Å². The Labute approximate surface area is 155 Å². The fraction of sp³-hybridized carbons (Fsp3) is 0.167. The van der Waals surface area contributed by atoms with E-state index in [0.29, 0.717) is 22.5 Å². The quantitative estimate of drug-likeness (QED) is 0.667. The van der Waals surface area contributed by atoms with Crippen LogP contribution in [0.4, 0.5) is 0 Å². The van der Waals surface area contributed by atoms with Gasteiger partial charge in [-0.15, -0.1) is 5.10 Å². The summed E-state index contributed by atoms with van der Waals surface area (Å²) in [7, 11) is 1.78. The van der Waals surface area contributed by atoms with Crippen molar-refractivity contribution in [2.75, 3.05) is 12.8 Å². The highest BCUT2D eigenvalue weighted by molar-refractivity contribution is 7.99. The Hall–Kier alpha value is -2.31. The summed E-state index contributed by atoms with van der Waals surface area (Å²) in [5, 5.41) is 8.31. The number of rotatable bonds is 6. The van der Waals surface area contributed by atoms with Crippen LogP contribution < -0.4 is 0 Å². The summed E-state index contributed by atoms with van der Waals surface area (Å²) in [5.41, 5.74) is 2.00. The van der Waals surface area contributed by atoms with E-state index in [1.807, 2.05) is 54.6 Å². The van der Waals surface area contributed by atoms with Crippen LogP contribution in [0.1, 0.15) is 5.56 Å². The first-order valence-electron chi connectivity index (χ1n) is 7.71. The molecule has 1 N–H and O–H groups in total. The minimum atomic E-state index is 0.0195. The Morgan fingerprint density at radius 1 is 1.16 bits per heavy atom. The number of aromatic nitrogens is 3. The van der Waals surface area contributed by atoms with E-state index in [2.05, 4.69) is 15.2 Å². The number of benzene rings is 2. The molecule has 7 heteroatoms. The highest BCUT2D eigenvalue weighted by Gasteiger charge is 2.12. The molecule has 3 aromatic rings. The van der Waals surface area contributed by atoms with Gasteiger partial charge in [-0.25, -0.2) is 4.98 Å². The summed E-state index contributed by atoms with van der Waals surface area (Å²) in [6.07, 6.45) is 0. The lowest BCUT2D eigenvalue weighted by atomic mass is 10.2. The molecular weight excluding hydrogens is 356 g/mol. The van der Waals surface area contributed by atoms with Crippen LogP contribution in [0.3, 0.4) is 0 Å². The second-order valence-electron chi connectivity index (χ2n) is 5.50. The minimum Gasteiger partial charge on any atom is -0.341 e. The van der Waals surface area contributed by atoms with Crippen molar-refractivity contribution in [3.63, 3.8) is 0 Å². The first-order valence-corrected chi connectivity index (χ1v) is 9.07. The Morgan fingerprint density at radius 2 is 1.88 bits per heavy atom. The third kappa shape index (κ3) is 4.84. The molecule has 25 heavy (non-hydrogen) atoms. The lowest BCUT2D eigenvalue weighted by Gasteiger charge is -2.16. The van der Waals surface area contributed by atoms with Crippen LogP contribution in [0, 0.1) is 0 Å². The van der Waals surface area contributed by atoms with E-state index < -0.39 is 0 Å². The van der Waals surface area contributed by atoms with E-state index in [4.69, 9.17) is 11.6 Å². The molecule has 0 unspecified atom stereocenters. The SMILES string of the molecule is CN(Cc1ccc(Cl)cc1)C(=O)CSc1n[nH]c(-c2ccccc2)n1. The maximum absolute atomic E-state index is 12.3. The van der Waals surface area contributed by atoms with Crippen LogP contribution in [-0.4, -0.2) is 38.8 Å². The number of H-pyrrole nitrogens is 1. The highest BCUT2D eigenvalue weighted by atomic mass is 35.5. The molecule has 1 heterocycles. The molecule has 5 nitrogen and oxygen atoms in total. The normalized spacial score (nSPS) is 10.6. The zero-order chi connectivity index (χ0) is 17.6. The fourth-order valence-electron chi connectivity index (χ4n) is 2.22. The Balaban J connectivity index is 1.53. The maximum atomic E-state index is 12.3. The van der Waals surface area contributed by atoms with Gasteiger partial charge in [0.05, 0.1) is 5.75 Å². The second kappa shape index (κ2) is 8.18. The molecule has 0 aliphatic heterocycles. The van der Waals surface area contributed by atoms with E-state index in [-0.39, 0.29) is 11.7 Å². The molecule has 0 radical (unpaired) electrons. The number of aromatic amines is 1. The molecule has 0 fully saturated rings. The van der Waals surface area contributed by atoms with E-state index in [1.165, 1.54) is 11.8 Å². The topological polar surface area (TPSA) is 61.9 Å². The Kier molecular flexibility index (Phi) is 5.73. The molecule has 0 saturated carbocycles. The molecule has 0 spiro atoms. The Bertz CT molecular complexity index is 836. The number of halogens is 1. The fourth-order valence-corrected chi connectivity index (χ4v) is 3.09. The van der Waals surface area contributed by atoms with E-state index in [1.54, 1.807) is 11.9 Å². The first kappa shape index (κ1) is 17.5. The lowest BCUT2D eigenvalue weighted by molar-refractivity contribution is -0.127. The molecule has 1 amide bonds. The van der Waals surface area contributed by atoms with Crippen molar-refractivity contribution in [1.82, 2.24) is 20.1 Å². The number of hydrogen-bond donors (Lipinski definition) is 1. The first-order chi connectivity index (χ1) is 12.1. The number of carbonyl (C=O) groups is 1. The minimum absolute atomic E-state index is 0.0195. The third-order valence-corrected chi connectivity index (χ3v) is 4.68. The van der Waals surface area contributed by atoms with Gasteiger partial charge in [0.25, 0.3) is 0 Å².